The molecule has 0 amide bonds. The predicted molar refractivity (Wildman–Crippen MR) is 52.0 cm³/mol. The molecule has 0 aromatic heterocycles. The lowest BCUT2D eigenvalue weighted by atomic mass is 9.72. The summed E-state index contributed by atoms with van der Waals surface area (Å²) in [6.45, 7) is 1.54. The van der Waals surface area contributed by atoms with E-state index in [9.17, 15) is 8.78 Å². The molecule has 2 aliphatic carbocycles. The molecule has 0 aromatic rings. The molecular weight excluding hydrogens is 200 g/mol. The van der Waals surface area contributed by atoms with Crippen molar-refractivity contribution in [3.63, 3.8) is 0 Å². The largest absolute Gasteiger partial charge is 0.372 e. The van der Waals surface area contributed by atoms with Gasteiger partial charge < -0.3 is 10.1 Å². The molecule has 2 atom stereocenters. The Balaban J connectivity index is 1.63. The molecule has 2 unspecified atom stereocenters. The molecule has 2 saturated carbocycles. The van der Waals surface area contributed by atoms with E-state index in [0.29, 0.717) is 6.42 Å². The Morgan fingerprint density at radius 2 is 2.07 bits per heavy atom. The lowest BCUT2D eigenvalue weighted by Crippen LogP contribution is -2.61. The molecule has 3 fully saturated rings. The first kappa shape index (κ1) is 9.97. The van der Waals surface area contributed by atoms with Crippen molar-refractivity contribution in [3.8, 4) is 0 Å². The van der Waals surface area contributed by atoms with Gasteiger partial charge >= 0.3 is 0 Å². The number of nitrogens with one attached hydrogen (secondary N) is 1. The normalized spacial score (nSPS) is 41.2. The van der Waals surface area contributed by atoms with Crippen LogP contribution < -0.4 is 5.32 Å². The molecule has 86 valence electrons. The van der Waals surface area contributed by atoms with E-state index in [-0.39, 0.29) is 18.1 Å². The molecule has 0 radical (unpaired) electrons. The molecule has 1 aliphatic heterocycles. The Labute approximate surface area is 88.4 Å². The van der Waals surface area contributed by atoms with Crippen LogP contribution in [0.1, 0.15) is 32.1 Å². The summed E-state index contributed by atoms with van der Waals surface area (Å²) in [6, 6.07) is 0.165. The average molecular weight is 217 g/mol. The molecule has 1 spiro atoms. The van der Waals surface area contributed by atoms with Crippen molar-refractivity contribution in [1.29, 1.82) is 0 Å². The van der Waals surface area contributed by atoms with Crippen molar-refractivity contribution in [2.45, 2.75) is 49.7 Å². The molecule has 1 N–H and O–H groups in total. The van der Waals surface area contributed by atoms with Gasteiger partial charge in [-0.15, -0.1) is 0 Å². The Hall–Kier alpha value is -0.220. The summed E-state index contributed by atoms with van der Waals surface area (Å²) in [5.41, 5.74) is -0.0864. The van der Waals surface area contributed by atoms with E-state index < -0.39 is 11.8 Å². The van der Waals surface area contributed by atoms with Crippen LogP contribution in [0, 0.1) is 5.92 Å². The highest BCUT2D eigenvalue weighted by atomic mass is 19.3. The molecule has 0 bridgehead atoms. The van der Waals surface area contributed by atoms with Crippen molar-refractivity contribution in [2.75, 3.05) is 13.2 Å². The molecule has 3 rings (SSSR count). The van der Waals surface area contributed by atoms with E-state index in [2.05, 4.69) is 5.32 Å². The number of ether oxygens (including phenoxy) is 1. The molecule has 4 heteroatoms. The first-order chi connectivity index (χ1) is 7.12. The summed E-state index contributed by atoms with van der Waals surface area (Å²) >= 11 is 0. The van der Waals surface area contributed by atoms with Gasteiger partial charge in [-0.1, -0.05) is 0 Å². The second-order valence-electron chi connectivity index (χ2n) is 5.17. The first-order valence-corrected chi connectivity index (χ1v) is 5.88. The van der Waals surface area contributed by atoms with Gasteiger partial charge in [0.2, 0.25) is 0 Å². The average Bonchev–Trinajstić information content (AvgIpc) is 2.72. The van der Waals surface area contributed by atoms with E-state index in [0.717, 1.165) is 26.0 Å². The van der Waals surface area contributed by atoms with Crippen LogP contribution in [-0.4, -0.2) is 30.7 Å². The van der Waals surface area contributed by atoms with Crippen molar-refractivity contribution in [3.05, 3.63) is 0 Å². The fraction of sp³-hybridized carbons (Fsp3) is 1.00. The molecule has 1 heterocycles. The molecule has 2 nitrogen and oxygen atoms in total. The van der Waals surface area contributed by atoms with Crippen molar-refractivity contribution >= 4 is 0 Å². The summed E-state index contributed by atoms with van der Waals surface area (Å²) in [4.78, 5) is 0. The van der Waals surface area contributed by atoms with Crippen LogP contribution in [0.25, 0.3) is 0 Å². The molecular formula is C11H17F2NO. The molecule has 15 heavy (non-hydrogen) atoms. The Bertz CT molecular complexity index is 265. The Kier molecular flexibility index (Phi) is 2.09. The third-order valence-electron chi connectivity index (χ3n) is 4.19. The van der Waals surface area contributed by atoms with Crippen LogP contribution in [0.15, 0.2) is 0 Å². The zero-order valence-electron chi connectivity index (χ0n) is 8.77. The predicted octanol–water partition coefficient (Wildman–Crippen LogP) is 1.94. The highest BCUT2D eigenvalue weighted by molar-refractivity contribution is 5.06. The summed E-state index contributed by atoms with van der Waals surface area (Å²) in [5, 5.41) is 3.36. The van der Waals surface area contributed by atoms with Crippen LogP contribution in [-0.2, 0) is 4.74 Å². The van der Waals surface area contributed by atoms with Gasteiger partial charge in [0, 0.05) is 24.9 Å². The monoisotopic (exact) mass is 217 g/mol. The number of alkyl halides is 2. The van der Waals surface area contributed by atoms with Gasteiger partial charge in [0.1, 0.15) is 0 Å². The second-order valence-corrected chi connectivity index (χ2v) is 5.17. The lowest BCUT2D eigenvalue weighted by molar-refractivity contribution is -0.147. The van der Waals surface area contributed by atoms with Gasteiger partial charge in [-0.25, -0.2) is 8.78 Å². The highest BCUT2D eigenvalue weighted by Crippen LogP contribution is 2.53. The van der Waals surface area contributed by atoms with Crippen LogP contribution >= 0.6 is 0 Å². The SMILES string of the molecule is FC1(F)CC1CC1NCCOC12CCC2. The van der Waals surface area contributed by atoms with Gasteiger partial charge in [-0.05, 0) is 25.7 Å². The summed E-state index contributed by atoms with van der Waals surface area (Å²) < 4.78 is 31.5. The van der Waals surface area contributed by atoms with Crippen molar-refractivity contribution in [1.82, 2.24) is 5.32 Å². The van der Waals surface area contributed by atoms with E-state index >= 15 is 0 Å². The topological polar surface area (TPSA) is 21.3 Å². The number of hydrogen-bond acceptors (Lipinski definition) is 2. The van der Waals surface area contributed by atoms with Crippen LogP contribution in [0.5, 0.6) is 0 Å². The Morgan fingerprint density at radius 1 is 1.33 bits per heavy atom. The third-order valence-corrected chi connectivity index (χ3v) is 4.19. The standard InChI is InChI=1S/C11H17F2NO/c12-11(13)7-8(11)6-9-10(2-1-3-10)15-5-4-14-9/h8-9,14H,1-7H2. The molecule has 0 aromatic carbocycles. The molecule has 3 aliphatic rings. The summed E-state index contributed by atoms with van der Waals surface area (Å²) in [5.74, 6) is -2.78. The second kappa shape index (κ2) is 3.14. The van der Waals surface area contributed by atoms with E-state index in [4.69, 9.17) is 4.74 Å². The first-order valence-electron chi connectivity index (χ1n) is 5.88. The van der Waals surface area contributed by atoms with Crippen LogP contribution in [0.2, 0.25) is 0 Å². The highest BCUT2D eigenvalue weighted by Gasteiger charge is 2.59. The van der Waals surface area contributed by atoms with E-state index in [1.54, 1.807) is 0 Å². The number of hydrogen-bond donors (Lipinski definition) is 1. The fourth-order valence-electron chi connectivity index (χ4n) is 2.90. The van der Waals surface area contributed by atoms with Gasteiger partial charge in [0.05, 0.1) is 12.2 Å². The quantitative estimate of drug-likeness (QED) is 0.763. The lowest BCUT2D eigenvalue weighted by Gasteiger charge is -2.50. The minimum absolute atomic E-state index is 0.0846. The van der Waals surface area contributed by atoms with E-state index in [1.165, 1.54) is 6.42 Å². The zero-order valence-corrected chi connectivity index (χ0v) is 8.77. The summed E-state index contributed by atoms with van der Waals surface area (Å²) in [6.07, 6.45) is 3.94. The molecule has 1 saturated heterocycles. The van der Waals surface area contributed by atoms with Gasteiger partial charge in [-0.2, -0.15) is 0 Å². The fourth-order valence-corrected chi connectivity index (χ4v) is 2.90. The van der Waals surface area contributed by atoms with Gasteiger partial charge in [-0.3, -0.25) is 0 Å². The van der Waals surface area contributed by atoms with Crippen LogP contribution in [0.4, 0.5) is 8.78 Å². The third kappa shape index (κ3) is 1.58. The Morgan fingerprint density at radius 3 is 2.60 bits per heavy atom. The number of halogens is 2. The van der Waals surface area contributed by atoms with E-state index in [1.807, 2.05) is 0 Å². The minimum Gasteiger partial charge on any atom is -0.372 e. The van der Waals surface area contributed by atoms with Crippen molar-refractivity contribution in [2.24, 2.45) is 5.92 Å². The van der Waals surface area contributed by atoms with Gasteiger partial charge in [0.25, 0.3) is 5.92 Å². The minimum atomic E-state index is -2.38. The number of rotatable bonds is 2. The maximum Gasteiger partial charge on any atom is 0.251 e. The smallest absolute Gasteiger partial charge is 0.251 e. The van der Waals surface area contributed by atoms with Crippen molar-refractivity contribution < 1.29 is 13.5 Å². The maximum atomic E-state index is 12.9. The zero-order chi connectivity index (χ0) is 10.5. The van der Waals surface area contributed by atoms with Crippen LogP contribution in [0.3, 0.4) is 0 Å². The number of morpholine rings is 1. The van der Waals surface area contributed by atoms with Gasteiger partial charge in [0.15, 0.2) is 0 Å². The maximum absolute atomic E-state index is 12.9. The summed E-state index contributed by atoms with van der Waals surface area (Å²) in [7, 11) is 0.